The Morgan fingerprint density at radius 3 is 0.719 bits per heavy atom. The summed E-state index contributed by atoms with van der Waals surface area (Å²) in [5.74, 6) is 0.879. The predicted octanol–water partition coefficient (Wildman–Crippen LogP) is 5.58. The standard InChI is InChI=1S/C28H24O4/c29-23-9-1-19(2-10-23)27(20-3-11-24(30)12-4-20)17-28(18-27,21-5-13-25(31)14-6-21)22-7-15-26(32)16-8-22/h1-16,29-32H,17-18H2. The number of hydrogen-bond acceptors (Lipinski definition) is 4. The zero-order valence-electron chi connectivity index (χ0n) is 17.4. The van der Waals surface area contributed by atoms with E-state index < -0.39 is 0 Å². The van der Waals surface area contributed by atoms with Crippen molar-refractivity contribution in [1.82, 2.24) is 0 Å². The normalized spacial score (nSPS) is 16.2. The molecule has 0 aromatic heterocycles. The Morgan fingerprint density at radius 2 is 0.531 bits per heavy atom. The molecule has 4 heteroatoms. The molecule has 4 aromatic rings. The third kappa shape index (κ3) is 3.16. The van der Waals surface area contributed by atoms with Gasteiger partial charge in [0.05, 0.1) is 0 Å². The van der Waals surface area contributed by atoms with Gasteiger partial charge in [-0.1, -0.05) is 48.5 Å². The highest BCUT2D eigenvalue weighted by Gasteiger charge is 2.57. The third-order valence-electron chi connectivity index (χ3n) is 6.89. The van der Waals surface area contributed by atoms with Gasteiger partial charge in [0, 0.05) is 10.8 Å². The largest absolute Gasteiger partial charge is 0.508 e. The molecule has 4 nitrogen and oxygen atoms in total. The Bertz CT molecular complexity index is 1020. The second kappa shape index (κ2) is 7.34. The fourth-order valence-corrected chi connectivity index (χ4v) is 5.25. The van der Waals surface area contributed by atoms with Gasteiger partial charge in [-0.15, -0.1) is 0 Å². The highest BCUT2D eigenvalue weighted by atomic mass is 16.3. The van der Waals surface area contributed by atoms with E-state index >= 15 is 0 Å². The van der Waals surface area contributed by atoms with Crippen LogP contribution < -0.4 is 0 Å². The molecule has 160 valence electrons. The van der Waals surface area contributed by atoms with E-state index in [4.69, 9.17) is 0 Å². The summed E-state index contributed by atoms with van der Waals surface area (Å²) in [6.07, 6.45) is 1.51. The van der Waals surface area contributed by atoms with Gasteiger partial charge in [0.15, 0.2) is 0 Å². The van der Waals surface area contributed by atoms with Gasteiger partial charge in [0.2, 0.25) is 0 Å². The van der Waals surface area contributed by atoms with Crippen LogP contribution in [0.5, 0.6) is 23.0 Å². The molecule has 0 heterocycles. The average Bonchev–Trinajstić information content (AvgIpc) is 2.77. The predicted molar refractivity (Wildman–Crippen MR) is 123 cm³/mol. The van der Waals surface area contributed by atoms with Crippen molar-refractivity contribution in [3.63, 3.8) is 0 Å². The molecule has 1 saturated carbocycles. The van der Waals surface area contributed by atoms with Crippen LogP contribution in [-0.4, -0.2) is 20.4 Å². The minimum Gasteiger partial charge on any atom is -0.508 e. The average molecular weight is 424 g/mol. The number of rotatable bonds is 4. The molecular formula is C28H24O4. The molecule has 1 aliphatic carbocycles. The van der Waals surface area contributed by atoms with E-state index in [-0.39, 0.29) is 33.8 Å². The van der Waals surface area contributed by atoms with Crippen molar-refractivity contribution in [2.24, 2.45) is 0 Å². The van der Waals surface area contributed by atoms with Crippen LogP contribution in [0.3, 0.4) is 0 Å². The molecule has 0 spiro atoms. The second-order valence-electron chi connectivity index (χ2n) is 8.71. The summed E-state index contributed by atoms with van der Waals surface area (Å²) in [5, 5.41) is 39.4. The number of phenols is 4. The summed E-state index contributed by atoms with van der Waals surface area (Å²) >= 11 is 0. The van der Waals surface area contributed by atoms with Gasteiger partial charge in [-0.05, 0) is 83.6 Å². The van der Waals surface area contributed by atoms with Crippen molar-refractivity contribution in [3.8, 4) is 23.0 Å². The molecule has 5 rings (SSSR count). The lowest BCUT2D eigenvalue weighted by molar-refractivity contribution is 0.170. The first-order chi connectivity index (χ1) is 15.4. The van der Waals surface area contributed by atoms with E-state index in [1.807, 2.05) is 48.5 Å². The summed E-state index contributed by atoms with van der Waals surface area (Å²) in [6.45, 7) is 0. The molecule has 32 heavy (non-hydrogen) atoms. The molecule has 4 N–H and O–H groups in total. The van der Waals surface area contributed by atoms with Crippen LogP contribution in [0.15, 0.2) is 97.1 Å². The van der Waals surface area contributed by atoms with E-state index in [0.29, 0.717) is 0 Å². The zero-order chi connectivity index (χ0) is 22.3. The number of phenolic OH excluding ortho intramolecular Hbond substituents is 4. The first-order valence-electron chi connectivity index (χ1n) is 10.6. The summed E-state index contributed by atoms with van der Waals surface area (Å²) in [7, 11) is 0. The van der Waals surface area contributed by atoms with E-state index in [0.717, 1.165) is 35.1 Å². The van der Waals surface area contributed by atoms with E-state index in [1.54, 1.807) is 48.5 Å². The molecule has 0 aliphatic heterocycles. The molecule has 0 unspecified atom stereocenters. The van der Waals surface area contributed by atoms with Gasteiger partial charge in [0.25, 0.3) is 0 Å². The van der Waals surface area contributed by atoms with Crippen molar-refractivity contribution in [2.45, 2.75) is 23.7 Å². The van der Waals surface area contributed by atoms with Gasteiger partial charge in [-0.25, -0.2) is 0 Å². The van der Waals surface area contributed by atoms with Crippen molar-refractivity contribution in [2.75, 3.05) is 0 Å². The fourth-order valence-electron chi connectivity index (χ4n) is 5.25. The molecule has 0 amide bonds. The maximum atomic E-state index is 9.85. The SMILES string of the molecule is Oc1ccc(C2(c3ccc(O)cc3)CC(c3ccc(O)cc3)(c3ccc(O)cc3)C2)cc1. The molecule has 0 radical (unpaired) electrons. The summed E-state index contributed by atoms with van der Waals surface area (Å²) in [4.78, 5) is 0. The molecule has 4 aromatic carbocycles. The summed E-state index contributed by atoms with van der Waals surface area (Å²) < 4.78 is 0. The Hall–Kier alpha value is -3.92. The quantitative estimate of drug-likeness (QED) is 0.345. The first-order valence-corrected chi connectivity index (χ1v) is 10.6. The molecule has 0 atom stereocenters. The number of hydrogen-bond donors (Lipinski definition) is 4. The van der Waals surface area contributed by atoms with Crippen molar-refractivity contribution in [1.29, 1.82) is 0 Å². The Kier molecular flexibility index (Phi) is 4.59. The van der Waals surface area contributed by atoms with E-state index in [9.17, 15) is 20.4 Å². The van der Waals surface area contributed by atoms with Gasteiger partial charge in [-0.3, -0.25) is 0 Å². The minimum absolute atomic E-state index is 0.220. The van der Waals surface area contributed by atoms with Crippen LogP contribution in [0.2, 0.25) is 0 Å². The van der Waals surface area contributed by atoms with E-state index in [2.05, 4.69) is 0 Å². The van der Waals surface area contributed by atoms with Crippen molar-refractivity contribution < 1.29 is 20.4 Å². The Labute approximate surface area is 186 Å². The van der Waals surface area contributed by atoms with Gasteiger partial charge in [-0.2, -0.15) is 0 Å². The van der Waals surface area contributed by atoms with Crippen LogP contribution in [-0.2, 0) is 10.8 Å². The van der Waals surface area contributed by atoms with Gasteiger partial charge < -0.3 is 20.4 Å². The Balaban J connectivity index is 1.67. The number of benzene rings is 4. The number of aromatic hydroxyl groups is 4. The van der Waals surface area contributed by atoms with Gasteiger partial charge in [0.1, 0.15) is 23.0 Å². The molecule has 1 fully saturated rings. The lowest BCUT2D eigenvalue weighted by Crippen LogP contribution is -2.53. The van der Waals surface area contributed by atoms with Crippen LogP contribution in [0.1, 0.15) is 35.1 Å². The summed E-state index contributed by atoms with van der Waals surface area (Å²) in [6, 6.07) is 29.3. The molecule has 1 aliphatic rings. The minimum atomic E-state index is -0.322. The fraction of sp³-hybridized carbons (Fsp3) is 0.143. The Morgan fingerprint density at radius 1 is 0.344 bits per heavy atom. The van der Waals surface area contributed by atoms with Gasteiger partial charge >= 0.3 is 0 Å². The lowest BCUT2D eigenvalue weighted by Gasteiger charge is -2.58. The highest BCUT2D eigenvalue weighted by Crippen LogP contribution is 2.63. The third-order valence-corrected chi connectivity index (χ3v) is 6.89. The van der Waals surface area contributed by atoms with Crippen LogP contribution in [0.25, 0.3) is 0 Å². The first kappa shape index (κ1) is 20.0. The highest BCUT2D eigenvalue weighted by molar-refractivity contribution is 5.55. The maximum Gasteiger partial charge on any atom is 0.115 e. The topological polar surface area (TPSA) is 80.9 Å². The molecule has 0 saturated heterocycles. The second-order valence-corrected chi connectivity index (χ2v) is 8.71. The zero-order valence-corrected chi connectivity index (χ0v) is 17.4. The van der Waals surface area contributed by atoms with Crippen molar-refractivity contribution >= 4 is 0 Å². The smallest absolute Gasteiger partial charge is 0.115 e. The monoisotopic (exact) mass is 424 g/mol. The molecule has 0 bridgehead atoms. The van der Waals surface area contributed by atoms with Crippen LogP contribution in [0, 0.1) is 0 Å². The lowest BCUT2D eigenvalue weighted by atomic mass is 9.44. The van der Waals surface area contributed by atoms with Crippen LogP contribution in [0.4, 0.5) is 0 Å². The summed E-state index contributed by atoms with van der Waals surface area (Å²) in [5.41, 5.74) is 3.72. The molecular weight excluding hydrogens is 400 g/mol. The van der Waals surface area contributed by atoms with Crippen molar-refractivity contribution in [3.05, 3.63) is 119 Å². The maximum absolute atomic E-state index is 9.85. The van der Waals surface area contributed by atoms with E-state index in [1.165, 1.54) is 0 Å². The van der Waals surface area contributed by atoms with Crippen LogP contribution >= 0.6 is 0 Å².